The number of carbonyl (C=O) groups excluding carboxylic acids is 1. The summed E-state index contributed by atoms with van der Waals surface area (Å²) in [6, 6.07) is 5.77. The van der Waals surface area contributed by atoms with Crippen LogP contribution in [-0.2, 0) is 11.3 Å². The molecule has 0 atom stereocenters. The van der Waals surface area contributed by atoms with Crippen molar-refractivity contribution in [2.24, 2.45) is 0 Å². The van der Waals surface area contributed by atoms with Crippen LogP contribution in [0.5, 0.6) is 0 Å². The van der Waals surface area contributed by atoms with Gasteiger partial charge in [-0.15, -0.1) is 0 Å². The van der Waals surface area contributed by atoms with Crippen LogP contribution in [0.3, 0.4) is 0 Å². The Bertz CT molecular complexity index is 488. The minimum absolute atomic E-state index is 0.169. The number of nitriles is 1. The van der Waals surface area contributed by atoms with E-state index in [0.29, 0.717) is 18.8 Å². The Labute approximate surface area is 113 Å². The Morgan fingerprint density at radius 1 is 1.53 bits per heavy atom. The van der Waals surface area contributed by atoms with Gasteiger partial charge in [0.15, 0.2) is 0 Å². The molecule has 0 N–H and O–H groups in total. The lowest BCUT2D eigenvalue weighted by Gasteiger charge is -2.21. The van der Waals surface area contributed by atoms with E-state index in [9.17, 15) is 4.79 Å². The van der Waals surface area contributed by atoms with E-state index in [1.54, 1.807) is 6.20 Å². The molecule has 2 heterocycles. The molecular weight excluding hydrogens is 240 g/mol. The maximum absolute atomic E-state index is 12.0. The van der Waals surface area contributed by atoms with Crippen LogP contribution in [0, 0.1) is 11.3 Å². The summed E-state index contributed by atoms with van der Waals surface area (Å²) in [5.74, 6) is 0.169. The molecule has 0 bridgehead atoms. The summed E-state index contributed by atoms with van der Waals surface area (Å²) in [6.07, 6.45) is 3.82. The molecular formula is C14H18N4O. The number of carbonyl (C=O) groups is 1. The summed E-state index contributed by atoms with van der Waals surface area (Å²) in [4.78, 5) is 19.9. The summed E-state index contributed by atoms with van der Waals surface area (Å²) in [7, 11) is 1.89. The van der Waals surface area contributed by atoms with Crippen LogP contribution in [0.25, 0.3) is 0 Å². The van der Waals surface area contributed by atoms with E-state index in [0.717, 1.165) is 31.5 Å². The quantitative estimate of drug-likeness (QED) is 0.808. The molecule has 100 valence electrons. The first-order valence-electron chi connectivity index (χ1n) is 6.51. The van der Waals surface area contributed by atoms with E-state index in [1.165, 1.54) is 0 Å². The third-order valence-corrected chi connectivity index (χ3v) is 3.30. The zero-order valence-corrected chi connectivity index (χ0v) is 11.2. The predicted octanol–water partition coefficient (Wildman–Crippen LogP) is 1.01. The van der Waals surface area contributed by atoms with Gasteiger partial charge in [-0.25, -0.2) is 4.98 Å². The SMILES string of the molecule is CN(CC(=O)N1CCCC1)Cc1cccnc1C#N. The van der Waals surface area contributed by atoms with Crippen LogP contribution in [0.1, 0.15) is 24.1 Å². The monoisotopic (exact) mass is 258 g/mol. The van der Waals surface area contributed by atoms with Crippen LogP contribution in [0.4, 0.5) is 0 Å². The highest BCUT2D eigenvalue weighted by atomic mass is 16.2. The molecule has 1 aliphatic heterocycles. The zero-order chi connectivity index (χ0) is 13.7. The number of nitrogens with zero attached hydrogens (tertiary/aromatic N) is 4. The molecule has 0 spiro atoms. The third-order valence-electron chi connectivity index (χ3n) is 3.30. The molecule has 0 aliphatic carbocycles. The summed E-state index contributed by atoms with van der Waals surface area (Å²) in [5.41, 5.74) is 1.30. The Morgan fingerprint density at radius 2 is 2.26 bits per heavy atom. The number of amides is 1. The standard InChI is InChI=1S/C14H18N4O/c1-17(11-14(19)18-7-2-3-8-18)10-12-5-4-6-16-13(12)9-15/h4-6H,2-3,7-8,10-11H2,1H3. The number of likely N-dealkylation sites (tertiary alicyclic amines) is 1. The maximum Gasteiger partial charge on any atom is 0.236 e. The number of rotatable bonds is 4. The van der Waals surface area contributed by atoms with Gasteiger partial charge in [0.05, 0.1) is 6.54 Å². The first-order chi connectivity index (χ1) is 9.20. The van der Waals surface area contributed by atoms with Crippen molar-refractivity contribution in [3.8, 4) is 6.07 Å². The second-order valence-electron chi connectivity index (χ2n) is 4.88. The molecule has 5 heteroatoms. The molecule has 0 saturated carbocycles. The summed E-state index contributed by atoms with van der Waals surface area (Å²) < 4.78 is 0. The molecule has 1 aromatic rings. The van der Waals surface area contributed by atoms with E-state index in [4.69, 9.17) is 5.26 Å². The first kappa shape index (κ1) is 13.5. The normalized spacial score (nSPS) is 14.7. The van der Waals surface area contributed by atoms with Gasteiger partial charge in [-0.05, 0) is 26.0 Å². The van der Waals surface area contributed by atoms with Gasteiger partial charge in [0.1, 0.15) is 11.8 Å². The van der Waals surface area contributed by atoms with Gasteiger partial charge < -0.3 is 4.90 Å². The minimum atomic E-state index is 0.169. The third kappa shape index (κ3) is 3.52. The van der Waals surface area contributed by atoms with E-state index >= 15 is 0 Å². The Balaban J connectivity index is 1.92. The molecule has 5 nitrogen and oxygen atoms in total. The lowest BCUT2D eigenvalue weighted by molar-refractivity contribution is -0.131. The smallest absolute Gasteiger partial charge is 0.236 e. The molecule has 1 saturated heterocycles. The fraction of sp³-hybridized carbons (Fsp3) is 0.500. The highest BCUT2D eigenvalue weighted by Crippen LogP contribution is 2.10. The fourth-order valence-electron chi connectivity index (χ4n) is 2.31. The summed E-state index contributed by atoms with van der Waals surface area (Å²) >= 11 is 0. The van der Waals surface area contributed by atoms with Crippen molar-refractivity contribution >= 4 is 5.91 Å². The Kier molecular flexibility index (Phi) is 4.48. The van der Waals surface area contributed by atoms with Crippen molar-refractivity contribution in [2.45, 2.75) is 19.4 Å². The topological polar surface area (TPSA) is 60.2 Å². The largest absolute Gasteiger partial charge is 0.342 e. The number of likely N-dealkylation sites (N-methyl/N-ethyl adjacent to an activating group) is 1. The Hall–Kier alpha value is -1.93. The molecule has 1 aromatic heterocycles. The lowest BCUT2D eigenvalue weighted by Crippen LogP contribution is -2.37. The molecule has 1 aliphatic rings. The number of hydrogen-bond acceptors (Lipinski definition) is 4. The van der Waals surface area contributed by atoms with Crippen LogP contribution < -0.4 is 0 Å². The predicted molar refractivity (Wildman–Crippen MR) is 71.1 cm³/mol. The molecule has 0 unspecified atom stereocenters. The highest BCUT2D eigenvalue weighted by molar-refractivity contribution is 5.78. The van der Waals surface area contributed by atoms with Crippen molar-refractivity contribution in [3.63, 3.8) is 0 Å². The van der Waals surface area contributed by atoms with Gasteiger partial charge >= 0.3 is 0 Å². The number of aromatic nitrogens is 1. The molecule has 19 heavy (non-hydrogen) atoms. The van der Waals surface area contributed by atoms with E-state index in [1.807, 2.05) is 29.0 Å². The Morgan fingerprint density at radius 3 is 2.95 bits per heavy atom. The summed E-state index contributed by atoms with van der Waals surface area (Å²) in [5, 5.41) is 8.98. The van der Waals surface area contributed by atoms with Crippen LogP contribution in [0.15, 0.2) is 18.3 Å². The van der Waals surface area contributed by atoms with Crippen LogP contribution in [-0.4, -0.2) is 47.4 Å². The fourth-order valence-corrected chi connectivity index (χ4v) is 2.31. The zero-order valence-electron chi connectivity index (χ0n) is 11.2. The average Bonchev–Trinajstić information content (AvgIpc) is 2.93. The van der Waals surface area contributed by atoms with E-state index in [-0.39, 0.29) is 5.91 Å². The molecule has 0 radical (unpaired) electrons. The van der Waals surface area contributed by atoms with Crippen LogP contribution in [0.2, 0.25) is 0 Å². The van der Waals surface area contributed by atoms with Crippen molar-refractivity contribution in [2.75, 3.05) is 26.7 Å². The van der Waals surface area contributed by atoms with E-state index < -0.39 is 0 Å². The van der Waals surface area contributed by atoms with Gasteiger partial charge in [0.25, 0.3) is 0 Å². The van der Waals surface area contributed by atoms with Gasteiger partial charge in [-0.2, -0.15) is 5.26 Å². The van der Waals surface area contributed by atoms with Gasteiger partial charge in [0, 0.05) is 31.4 Å². The maximum atomic E-state index is 12.0. The van der Waals surface area contributed by atoms with Crippen LogP contribution >= 0.6 is 0 Å². The second kappa shape index (κ2) is 6.30. The highest BCUT2D eigenvalue weighted by Gasteiger charge is 2.19. The molecule has 0 aromatic carbocycles. The van der Waals surface area contributed by atoms with Gasteiger partial charge in [0.2, 0.25) is 5.91 Å². The van der Waals surface area contributed by atoms with Crippen molar-refractivity contribution in [3.05, 3.63) is 29.6 Å². The minimum Gasteiger partial charge on any atom is -0.342 e. The van der Waals surface area contributed by atoms with Gasteiger partial charge in [-0.3, -0.25) is 9.69 Å². The van der Waals surface area contributed by atoms with Crippen molar-refractivity contribution < 1.29 is 4.79 Å². The summed E-state index contributed by atoms with van der Waals surface area (Å²) in [6.45, 7) is 2.71. The number of pyridine rings is 1. The van der Waals surface area contributed by atoms with E-state index in [2.05, 4.69) is 11.1 Å². The first-order valence-corrected chi connectivity index (χ1v) is 6.51. The molecule has 1 fully saturated rings. The lowest BCUT2D eigenvalue weighted by atomic mass is 10.2. The van der Waals surface area contributed by atoms with Crippen molar-refractivity contribution in [1.82, 2.24) is 14.8 Å². The van der Waals surface area contributed by atoms with Crippen molar-refractivity contribution in [1.29, 1.82) is 5.26 Å². The van der Waals surface area contributed by atoms with Gasteiger partial charge in [-0.1, -0.05) is 6.07 Å². The number of hydrogen-bond donors (Lipinski definition) is 0. The average molecular weight is 258 g/mol. The second-order valence-corrected chi connectivity index (χ2v) is 4.88. The molecule has 2 rings (SSSR count). The molecule has 1 amide bonds.